The highest BCUT2D eigenvalue weighted by atomic mass is 32.2. The number of rotatable bonds is 7. The molecule has 0 spiro atoms. The molecule has 1 amide bonds. The number of aryl methyl sites for hydroxylation is 3. The van der Waals surface area contributed by atoms with Crippen LogP contribution in [0.15, 0.2) is 41.3 Å². The lowest BCUT2D eigenvalue weighted by Crippen LogP contribution is -2.22. The second-order valence-electron chi connectivity index (χ2n) is 6.53. The molecule has 2 rings (SSSR count). The Labute approximate surface area is 165 Å². The molecule has 1 N–H and O–H groups in total. The van der Waals surface area contributed by atoms with Crippen molar-refractivity contribution in [2.24, 2.45) is 0 Å². The first-order chi connectivity index (χ1) is 13.2. The van der Waals surface area contributed by atoms with Crippen LogP contribution >= 0.6 is 0 Å². The van der Waals surface area contributed by atoms with Gasteiger partial charge in [-0.2, -0.15) is 0 Å². The maximum Gasteiger partial charge on any atom is 0.338 e. The topological polar surface area (TPSA) is 89.5 Å². The predicted molar refractivity (Wildman–Crippen MR) is 108 cm³/mol. The van der Waals surface area contributed by atoms with Crippen LogP contribution in [0.2, 0.25) is 0 Å². The van der Waals surface area contributed by atoms with Gasteiger partial charge in [-0.1, -0.05) is 38.1 Å². The second-order valence-corrected chi connectivity index (χ2v) is 8.55. The van der Waals surface area contributed by atoms with E-state index in [1.165, 1.54) is 18.2 Å². The molecule has 0 unspecified atom stereocenters. The molecule has 0 fully saturated rings. The maximum absolute atomic E-state index is 12.4. The predicted octanol–water partition coefficient (Wildman–Crippen LogP) is 3.32. The Morgan fingerprint density at radius 2 is 1.64 bits per heavy atom. The van der Waals surface area contributed by atoms with Crippen LogP contribution in [0, 0.1) is 6.92 Å². The van der Waals surface area contributed by atoms with E-state index in [4.69, 9.17) is 4.74 Å². The van der Waals surface area contributed by atoms with E-state index in [1.807, 2.05) is 32.0 Å². The third kappa shape index (κ3) is 5.19. The molecule has 0 radical (unpaired) electrons. The summed E-state index contributed by atoms with van der Waals surface area (Å²) in [7, 11) is -3.45. The number of hydrogen-bond donors (Lipinski definition) is 1. The number of esters is 1. The zero-order chi connectivity index (χ0) is 20.9. The third-order valence-corrected chi connectivity index (χ3v) is 5.56. The summed E-state index contributed by atoms with van der Waals surface area (Å²) in [5, 5.41) is 2.83. The fourth-order valence-corrected chi connectivity index (χ4v) is 3.49. The van der Waals surface area contributed by atoms with Crippen LogP contribution in [0.25, 0.3) is 0 Å². The van der Waals surface area contributed by atoms with Gasteiger partial charge < -0.3 is 10.1 Å². The number of sulfone groups is 1. The van der Waals surface area contributed by atoms with Crippen LogP contribution in [0.4, 0.5) is 5.69 Å². The molecule has 0 aliphatic carbocycles. The van der Waals surface area contributed by atoms with Gasteiger partial charge in [0.25, 0.3) is 5.91 Å². The average Bonchev–Trinajstić information content (AvgIpc) is 2.65. The lowest BCUT2D eigenvalue weighted by atomic mass is 10.0. The number of nitrogens with one attached hydrogen (secondary N) is 1. The zero-order valence-corrected chi connectivity index (χ0v) is 17.4. The summed E-state index contributed by atoms with van der Waals surface area (Å²) < 4.78 is 28.5. The fraction of sp³-hybridized carbons (Fsp3) is 0.333. The normalized spacial score (nSPS) is 11.1. The van der Waals surface area contributed by atoms with Gasteiger partial charge in [-0.3, -0.25) is 4.79 Å². The van der Waals surface area contributed by atoms with Crippen LogP contribution in [-0.2, 0) is 32.2 Å². The van der Waals surface area contributed by atoms with Gasteiger partial charge in [0.1, 0.15) is 0 Å². The molecule has 0 heterocycles. The zero-order valence-electron chi connectivity index (χ0n) is 16.5. The maximum atomic E-state index is 12.4. The van der Waals surface area contributed by atoms with E-state index in [2.05, 4.69) is 5.32 Å². The van der Waals surface area contributed by atoms with Crippen molar-refractivity contribution in [3.8, 4) is 0 Å². The first-order valence-electron chi connectivity index (χ1n) is 9.05. The number of para-hydroxylation sites is 1. The van der Waals surface area contributed by atoms with Crippen LogP contribution in [-0.4, -0.2) is 33.2 Å². The number of ether oxygens (including phenoxy) is 1. The summed E-state index contributed by atoms with van der Waals surface area (Å²) in [6.07, 6.45) is 2.60. The standard InChI is InChI=1S/C21H25NO5S/c1-5-15-8-7-9-16(6-2)20(15)22-19(23)13-27-21(24)18-12-17(28(4,25)26)11-10-14(18)3/h7-12H,5-6,13H2,1-4H3,(H,22,23). The number of carbonyl (C=O) groups excluding carboxylic acids is 2. The van der Waals surface area contributed by atoms with Crippen molar-refractivity contribution in [2.45, 2.75) is 38.5 Å². The minimum Gasteiger partial charge on any atom is -0.452 e. The summed E-state index contributed by atoms with van der Waals surface area (Å²) in [4.78, 5) is 24.7. The summed E-state index contributed by atoms with van der Waals surface area (Å²) >= 11 is 0. The van der Waals surface area contributed by atoms with E-state index in [-0.39, 0.29) is 10.5 Å². The van der Waals surface area contributed by atoms with Crippen LogP contribution in [0.5, 0.6) is 0 Å². The summed E-state index contributed by atoms with van der Waals surface area (Å²) in [5.74, 6) is -1.18. The highest BCUT2D eigenvalue weighted by Crippen LogP contribution is 2.22. The van der Waals surface area contributed by atoms with E-state index in [9.17, 15) is 18.0 Å². The summed E-state index contributed by atoms with van der Waals surface area (Å²) in [6, 6.07) is 10.1. The molecule has 0 saturated carbocycles. The molecule has 28 heavy (non-hydrogen) atoms. The van der Waals surface area contributed by atoms with Crippen LogP contribution < -0.4 is 5.32 Å². The molecule has 0 aliphatic rings. The smallest absolute Gasteiger partial charge is 0.338 e. The summed E-state index contributed by atoms with van der Waals surface area (Å²) in [6.45, 7) is 5.22. The van der Waals surface area contributed by atoms with Crippen molar-refractivity contribution in [1.29, 1.82) is 0 Å². The van der Waals surface area contributed by atoms with Gasteiger partial charge in [0.15, 0.2) is 16.4 Å². The quantitative estimate of drug-likeness (QED) is 0.717. The molecule has 2 aromatic carbocycles. The second kappa shape index (κ2) is 9.01. The molecule has 0 atom stereocenters. The first-order valence-corrected chi connectivity index (χ1v) is 10.9. The number of anilines is 1. The lowest BCUT2D eigenvalue weighted by molar-refractivity contribution is -0.119. The molecule has 0 aromatic heterocycles. The molecule has 150 valence electrons. The minimum absolute atomic E-state index is 0.0268. The van der Waals surface area contributed by atoms with Crippen molar-refractivity contribution in [2.75, 3.05) is 18.2 Å². The van der Waals surface area contributed by atoms with Gasteiger partial charge in [0.05, 0.1) is 10.5 Å². The largest absolute Gasteiger partial charge is 0.452 e. The molecular weight excluding hydrogens is 378 g/mol. The highest BCUT2D eigenvalue weighted by Gasteiger charge is 2.17. The van der Waals surface area contributed by atoms with Crippen molar-refractivity contribution in [1.82, 2.24) is 0 Å². The van der Waals surface area contributed by atoms with E-state index in [0.29, 0.717) is 5.56 Å². The van der Waals surface area contributed by atoms with Gasteiger partial charge in [0, 0.05) is 11.9 Å². The summed E-state index contributed by atoms with van der Waals surface area (Å²) in [5.41, 5.74) is 3.47. The van der Waals surface area contributed by atoms with Crippen LogP contribution in [0.1, 0.15) is 40.9 Å². The lowest BCUT2D eigenvalue weighted by Gasteiger charge is -2.14. The SMILES string of the molecule is CCc1cccc(CC)c1NC(=O)COC(=O)c1cc(S(C)(=O)=O)ccc1C. The van der Waals surface area contributed by atoms with E-state index in [1.54, 1.807) is 6.92 Å². The monoisotopic (exact) mass is 403 g/mol. The van der Waals surface area contributed by atoms with Crippen molar-refractivity contribution in [3.63, 3.8) is 0 Å². The van der Waals surface area contributed by atoms with Crippen molar-refractivity contribution in [3.05, 3.63) is 58.7 Å². The minimum atomic E-state index is -3.45. The van der Waals surface area contributed by atoms with Gasteiger partial charge in [-0.25, -0.2) is 13.2 Å². The Bertz CT molecular complexity index is 974. The van der Waals surface area contributed by atoms with E-state index < -0.39 is 28.3 Å². The average molecular weight is 404 g/mol. The van der Waals surface area contributed by atoms with Crippen molar-refractivity contribution >= 4 is 27.4 Å². The van der Waals surface area contributed by atoms with Gasteiger partial charge >= 0.3 is 5.97 Å². The van der Waals surface area contributed by atoms with E-state index in [0.717, 1.165) is 35.9 Å². The van der Waals surface area contributed by atoms with Crippen LogP contribution in [0.3, 0.4) is 0 Å². The number of amides is 1. The Balaban J connectivity index is 2.11. The number of benzene rings is 2. The third-order valence-electron chi connectivity index (χ3n) is 4.45. The number of hydrogen-bond acceptors (Lipinski definition) is 5. The molecule has 6 nitrogen and oxygen atoms in total. The molecule has 0 bridgehead atoms. The molecule has 0 aliphatic heterocycles. The Hall–Kier alpha value is -2.67. The fourth-order valence-electron chi connectivity index (χ4n) is 2.84. The molecule has 0 saturated heterocycles. The van der Waals surface area contributed by atoms with Gasteiger partial charge in [-0.05, 0) is 48.6 Å². The molecule has 2 aromatic rings. The van der Waals surface area contributed by atoms with Gasteiger partial charge in [-0.15, -0.1) is 0 Å². The Morgan fingerprint density at radius 3 is 2.18 bits per heavy atom. The molecular formula is C21H25NO5S. The Morgan fingerprint density at radius 1 is 1.04 bits per heavy atom. The number of carbonyl (C=O) groups is 2. The Kier molecular flexibility index (Phi) is 6.96. The van der Waals surface area contributed by atoms with Crippen molar-refractivity contribution < 1.29 is 22.7 Å². The highest BCUT2D eigenvalue weighted by molar-refractivity contribution is 7.90. The molecule has 7 heteroatoms. The van der Waals surface area contributed by atoms with Gasteiger partial charge in [0.2, 0.25) is 0 Å². The van der Waals surface area contributed by atoms with E-state index >= 15 is 0 Å². The first kappa shape index (κ1) is 21.6.